The van der Waals surface area contributed by atoms with Crippen molar-refractivity contribution in [3.8, 4) is 0 Å². The molecule has 0 saturated carbocycles. The number of furan rings is 1. The molecule has 0 aliphatic rings. The molecular weight excluding hydrogens is 304 g/mol. The maximum absolute atomic E-state index is 12.0. The second kappa shape index (κ2) is 7.81. The zero-order chi connectivity index (χ0) is 17.6. The molecule has 1 heterocycles. The number of benzene rings is 1. The molecule has 24 heavy (non-hydrogen) atoms. The maximum atomic E-state index is 12.0. The van der Waals surface area contributed by atoms with Crippen LogP contribution in [0.5, 0.6) is 0 Å². The minimum absolute atomic E-state index is 0.00136. The first kappa shape index (κ1) is 17.8. The van der Waals surface area contributed by atoms with Crippen LogP contribution in [0.3, 0.4) is 0 Å². The Morgan fingerprint density at radius 1 is 1.17 bits per heavy atom. The van der Waals surface area contributed by atoms with E-state index in [1.807, 2.05) is 25.1 Å². The fourth-order valence-electron chi connectivity index (χ4n) is 2.81. The quantitative estimate of drug-likeness (QED) is 0.821. The molecule has 1 aromatic heterocycles. The standard InChI is InChI=1S/C19H24N2O3/c1-14(11-19(2,3)16-7-5-4-6-8-16)21-17(22)12-20-18(23)15-9-10-24-13-15/h4-10,13-14H,11-12H2,1-3H3,(H,20,23)(H,21,22)/t14-/m1/s1. The second-order valence-electron chi connectivity index (χ2n) is 6.62. The van der Waals surface area contributed by atoms with Gasteiger partial charge in [-0.15, -0.1) is 0 Å². The van der Waals surface area contributed by atoms with Crippen LogP contribution in [0.15, 0.2) is 53.3 Å². The van der Waals surface area contributed by atoms with Gasteiger partial charge in [0.1, 0.15) is 6.26 Å². The van der Waals surface area contributed by atoms with Crippen LogP contribution in [0.1, 0.15) is 43.1 Å². The number of rotatable bonds is 7. The van der Waals surface area contributed by atoms with Gasteiger partial charge in [0.25, 0.3) is 5.91 Å². The van der Waals surface area contributed by atoms with Crippen molar-refractivity contribution in [2.24, 2.45) is 0 Å². The fourth-order valence-corrected chi connectivity index (χ4v) is 2.81. The first-order valence-corrected chi connectivity index (χ1v) is 8.04. The monoisotopic (exact) mass is 328 g/mol. The SMILES string of the molecule is C[C@H](CC(C)(C)c1ccccc1)NC(=O)CNC(=O)c1ccoc1. The van der Waals surface area contributed by atoms with Crippen LogP contribution in [0.4, 0.5) is 0 Å². The second-order valence-corrected chi connectivity index (χ2v) is 6.62. The normalized spacial score (nSPS) is 12.5. The molecular formula is C19H24N2O3. The highest BCUT2D eigenvalue weighted by Gasteiger charge is 2.24. The minimum Gasteiger partial charge on any atom is -0.472 e. The van der Waals surface area contributed by atoms with Crippen LogP contribution in [-0.4, -0.2) is 24.4 Å². The molecule has 0 bridgehead atoms. The van der Waals surface area contributed by atoms with Gasteiger partial charge in [-0.3, -0.25) is 9.59 Å². The molecule has 0 aliphatic heterocycles. The van der Waals surface area contributed by atoms with Crippen molar-refractivity contribution in [1.82, 2.24) is 10.6 Å². The van der Waals surface area contributed by atoms with Gasteiger partial charge >= 0.3 is 0 Å². The van der Waals surface area contributed by atoms with Gasteiger partial charge in [-0.05, 0) is 30.4 Å². The van der Waals surface area contributed by atoms with E-state index < -0.39 is 0 Å². The third kappa shape index (κ3) is 4.98. The van der Waals surface area contributed by atoms with E-state index in [1.165, 1.54) is 18.1 Å². The highest BCUT2D eigenvalue weighted by Crippen LogP contribution is 2.27. The van der Waals surface area contributed by atoms with Crippen LogP contribution >= 0.6 is 0 Å². The molecule has 2 N–H and O–H groups in total. The van der Waals surface area contributed by atoms with Crippen molar-refractivity contribution in [3.05, 3.63) is 60.1 Å². The lowest BCUT2D eigenvalue weighted by atomic mass is 9.79. The van der Waals surface area contributed by atoms with E-state index in [4.69, 9.17) is 4.42 Å². The van der Waals surface area contributed by atoms with Crippen molar-refractivity contribution in [1.29, 1.82) is 0 Å². The summed E-state index contributed by atoms with van der Waals surface area (Å²) in [5.74, 6) is -0.528. The Balaban J connectivity index is 1.80. The van der Waals surface area contributed by atoms with Crippen molar-refractivity contribution >= 4 is 11.8 Å². The van der Waals surface area contributed by atoms with Crippen LogP contribution in [0.25, 0.3) is 0 Å². The van der Waals surface area contributed by atoms with E-state index in [-0.39, 0.29) is 29.8 Å². The Labute approximate surface area is 142 Å². The zero-order valence-corrected chi connectivity index (χ0v) is 14.3. The van der Waals surface area contributed by atoms with Gasteiger partial charge in [0.2, 0.25) is 5.91 Å². The first-order valence-electron chi connectivity index (χ1n) is 8.04. The van der Waals surface area contributed by atoms with E-state index >= 15 is 0 Å². The molecule has 1 atom stereocenters. The molecule has 5 heteroatoms. The van der Waals surface area contributed by atoms with Crippen molar-refractivity contribution < 1.29 is 14.0 Å². The van der Waals surface area contributed by atoms with Gasteiger partial charge in [0.05, 0.1) is 18.4 Å². The third-order valence-electron chi connectivity index (χ3n) is 3.97. The fraction of sp³-hybridized carbons (Fsp3) is 0.368. The molecule has 0 radical (unpaired) electrons. The summed E-state index contributed by atoms with van der Waals surface area (Å²) in [6.45, 7) is 6.23. The average Bonchev–Trinajstić information content (AvgIpc) is 3.07. The summed E-state index contributed by atoms with van der Waals surface area (Å²) in [4.78, 5) is 23.8. The molecule has 2 aromatic rings. The van der Waals surface area contributed by atoms with Crippen LogP contribution in [0, 0.1) is 0 Å². The van der Waals surface area contributed by atoms with Gasteiger partial charge in [-0.2, -0.15) is 0 Å². The molecule has 128 valence electrons. The van der Waals surface area contributed by atoms with Crippen LogP contribution in [0.2, 0.25) is 0 Å². The topological polar surface area (TPSA) is 71.3 Å². The Hall–Kier alpha value is -2.56. The van der Waals surface area contributed by atoms with Crippen LogP contribution < -0.4 is 10.6 Å². The summed E-state index contributed by atoms with van der Waals surface area (Å²) in [5.41, 5.74) is 1.59. The Morgan fingerprint density at radius 3 is 2.50 bits per heavy atom. The summed E-state index contributed by atoms with van der Waals surface area (Å²) in [6, 6.07) is 11.8. The maximum Gasteiger partial charge on any atom is 0.254 e. The first-order chi connectivity index (χ1) is 11.4. The number of hydrogen-bond acceptors (Lipinski definition) is 3. The molecule has 1 aromatic carbocycles. The van der Waals surface area contributed by atoms with Crippen molar-refractivity contribution in [3.63, 3.8) is 0 Å². The number of nitrogens with one attached hydrogen (secondary N) is 2. The largest absolute Gasteiger partial charge is 0.472 e. The van der Waals surface area contributed by atoms with E-state index in [0.717, 1.165) is 6.42 Å². The lowest BCUT2D eigenvalue weighted by Crippen LogP contribution is -2.42. The third-order valence-corrected chi connectivity index (χ3v) is 3.97. The van der Waals surface area contributed by atoms with Gasteiger partial charge in [0, 0.05) is 6.04 Å². The number of amides is 2. The van der Waals surface area contributed by atoms with Crippen molar-refractivity contribution in [2.75, 3.05) is 6.54 Å². The van der Waals surface area contributed by atoms with Gasteiger partial charge in [-0.1, -0.05) is 44.2 Å². The summed E-state index contributed by atoms with van der Waals surface area (Å²) < 4.78 is 4.84. The number of carbonyl (C=O) groups is 2. The molecule has 2 amide bonds. The van der Waals surface area contributed by atoms with E-state index in [2.05, 4.69) is 36.6 Å². The molecule has 0 saturated heterocycles. The molecule has 2 rings (SSSR count). The molecule has 5 nitrogen and oxygen atoms in total. The smallest absolute Gasteiger partial charge is 0.254 e. The molecule has 0 fully saturated rings. The predicted molar refractivity (Wildman–Crippen MR) is 92.7 cm³/mol. The van der Waals surface area contributed by atoms with E-state index in [1.54, 1.807) is 6.07 Å². The molecule has 0 spiro atoms. The van der Waals surface area contributed by atoms with Gasteiger partial charge < -0.3 is 15.1 Å². The summed E-state index contributed by atoms with van der Waals surface area (Å²) >= 11 is 0. The highest BCUT2D eigenvalue weighted by atomic mass is 16.3. The lowest BCUT2D eigenvalue weighted by molar-refractivity contribution is -0.120. The van der Waals surface area contributed by atoms with E-state index in [9.17, 15) is 9.59 Å². The highest BCUT2D eigenvalue weighted by molar-refractivity contribution is 5.96. The minimum atomic E-state index is -0.323. The molecule has 0 aliphatic carbocycles. The number of hydrogen-bond donors (Lipinski definition) is 2. The predicted octanol–water partition coefficient (Wildman–Crippen LogP) is 2.88. The summed E-state index contributed by atoms with van der Waals surface area (Å²) in [6.07, 6.45) is 3.57. The number of carbonyl (C=O) groups excluding carboxylic acids is 2. The van der Waals surface area contributed by atoms with Gasteiger partial charge in [-0.25, -0.2) is 0 Å². The van der Waals surface area contributed by atoms with Gasteiger partial charge in [0.15, 0.2) is 0 Å². The Kier molecular flexibility index (Phi) is 5.79. The van der Waals surface area contributed by atoms with E-state index in [0.29, 0.717) is 5.56 Å². The summed E-state index contributed by atoms with van der Waals surface area (Å²) in [5, 5.41) is 5.50. The Morgan fingerprint density at radius 2 is 1.88 bits per heavy atom. The average molecular weight is 328 g/mol. The zero-order valence-electron chi connectivity index (χ0n) is 14.3. The van der Waals surface area contributed by atoms with Crippen LogP contribution in [-0.2, 0) is 10.2 Å². The van der Waals surface area contributed by atoms with Crippen molar-refractivity contribution in [2.45, 2.75) is 38.6 Å². The Bertz CT molecular complexity index is 663. The summed E-state index contributed by atoms with van der Waals surface area (Å²) in [7, 11) is 0. The lowest BCUT2D eigenvalue weighted by Gasteiger charge is -2.29. The molecule has 0 unspecified atom stereocenters.